The van der Waals surface area contributed by atoms with E-state index in [4.69, 9.17) is 0 Å². The van der Waals surface area contributed by atoms with Gasteiger partial charge in [-0.3, -0.25) is 0 Å². The highest BCUT2D eigenvalue weighted by molar-refractivity contribution is 5.27. The van der Waals surface area contributed by atoms with Crippen LogP contribution in [0, 0.1) is 0 Å². The topological polar surface area (TPSA) is 12.0 Å². The first-order valence-corrected chi connectivity index (χ1v) is 5.87. The van der Waals surface area contributed by atoms with Gasteiger partial charge in [-0.15, -0.1) is 0 Å². The SMILES string of the molecule is C[C@H]1C[C@@H](c2ccc(C(F)(F)F)cc2)CCN1. The Balaban J connectivity index is 2.12. The zero-order chi connectivity index (χ0) is 12.5. The van der Waals surface area contributed by atoms with Gasteiger partial charge >= 0.3 is 6.18 Å². The molecule has 1 N–H and O–H groups in total. The molecule has 0 aromatic heterocycles. The van der Waals surface area contributed by atoms with E-state index in [1.54, 1.807) is 12.1 Å². The van der Waals surface area contributed by atoms with Gasteiger partial charge in [0.15, 0.2) is 0 Å². The minimum Gasteiger partial charge on any atom is -0.314 e. The van der Waals surface area contributed by atoms with Crippen LogP contribution in [-0.2, 0) is 6.18 Å². The predicted molar refractivity (Wildman–Crippen MR) is 60.9 cm³/mol. The lowest BCUT2D eigenvalue weighted by molar-refractivity contribution is -0.137. The molecule has 0 aliphatic carbocycles. The highest BCUT2D eigenvalue weighted by atomic mass is 19.4. The lowest BCUT2D eigenvalue weighted by Crippen LogP contribution is -2.34. The molecule has 0 unspecified atom stereocenters. The van der Waals surface area contributed by atoms with Crippen LogP contribution in [0.3, 0.4) is 0 Å². The van der Waals surface area contributed by atoms with Crippen LogP contribution >= 0.6 is 0 Å². The Labute approximate surface area is 99.0 Å². The Morgan fingerprint density at radius 1 is 1.18 bits per heavy atom. The van der Waals surface area contributed by atoms with Crippen molar-refractivity contribution >= 4 is 0 Å². The molecule has 0 amide bonds. The molecule has 1 aromatic rings. The molecule has 1 saturated heterocycles. The first-order valence-electron chi connectivity index (χ1n) is 5.87. The Hall–Kier alpha value is -1.03. The van der Waals surface area contributed by atoms with Crippen molar-refractivity contribution in [1.29, 1.82) is 0 Å². The molecule has 1 nitrogen and oxygen atoms in total. The second kappa shape index (κ2) is 4.69. The van der Waals surface area contributed by atoms with Gasteiger partial charge in [0.1, 0.15) is 0 Å². The van der Waals surface area contributed by atoms with Gasteiger partial charge in [0.2, 0.25) is 0 Å². The lowest BCUT2D eigenvalue weighted by atomic mass is 9.86. The number of benzene rings is 1. The van der Waals surface area contributed by atoms with Gasteiger partial charge in [-0.1, -0.05) is 12.1 Å². The summed E-state index contributed by atoms with van der Waals surface area (Å²) >= 11 is 0. The van der Waals surface area contributed by atoms with Gasteiger partial charge in [-0.25, -0.2) is 0 Å². The van der Waals surface area contributed by atoms with Gasteiger partial charge in [0.05, 0.1) is 5.56 Å². The first-order chi connectivity index (χ1) is 7.97. The van der Waals surface area contributed by atoms with Crippen LogP contribution in [0.15, 0.2) is 24.3 Å². The molecule has 2 rings (SSSR count). The molecule has 0 saturated carbocycles. The predicted octanol–water partition coefficient (Wildman–Crippen LogP) is 3.56. The summed E-state index contributed by atoms with van der Waals surface area (Å²) in [7, 11) is 0. The Morgan fingerprint density at radius 2 is 1.82 bits per heavy atom. The maximum atomic E-state index is 12.4. The summed E-state index contributed by atoms with van der Waals surface area (Å²) < 4.78 is 37.2. The summed E-state index contributed by atoms with van der Waals surface area (Å²) in [6.07, 6.45) is -2.25. The van der Waals surface area contributed by atoms with Gasteiger partial charge in [0.25, 0.3) is 0 Å². The molecule has 94 valence electrons. The molecule has 2 atom stereocenters. The number of hydrogen-bond acceptors (Lipinski definition) is 1. The number of halogens is 3. The second-order valence-electron chi connectivity index (χ2n) is 4.70. The van der Waals surface area contributed by atoms with Crippen molar-refractivity contribution in [1.82, 2.24) is 5.32 Å². The van der Waals surface area contributed by atoms with E-state index in [9.17, 15) is 13.2 Å². The van der Waals surface area contributed by atoms with E-state index in [1.807, 2.05) is 0 Å². The van der Waals surface area contributed by atoms with Gasteiger partial charge < -0.3 is 5.32 Å². The first kappa shape index (κ1) is 12.4. The number of rotatable bonds is 1. The molecule has 0 spiro atoms. The number of alkyl halides is 3. The molecule has 1 heterocycles. The number of nitrogens with one attached hydrogen (secondary N) is 1. The third-order valence-electron chi connectivity index (χ3n) is 3.33. The highest BCUT2D eigenvalue weighted by Crippen LogP contribution is 2.32. The van der Waals surface area contributed by atoms with Gasteiger partial charge in [-0.2, -0.15) is 13.2 Å². The van der Waals surface area contributed by atoms with Crippen LogP contribution < -0.4 is 5.32 Å². The summed E-state index contributed by atoms with van der Waals surface area (Å²) in [5, 5.41) is 3.34. The van der Waals surface area contributed by atoms with Crippen molar-refractivity contribution in [3.63, 3.8) is 0 Å². The highest BCUT2D eigenvalue weighted by Gasteiger charge is 2.30. The van der Waals surface area contributed by atoms with E-state index in [0.717, 1.165) is 24.9 Å². The van der Waals surface area contributed by atoms with E-state index < -0.39 is 11.7 Å². The molecule has 1 fully saturated rings. The van der Waals surface area contributed by atoms with E-state index in [0.29, 0.717) is 12.0 Å². The Bertz CT molecular complexity index is 369. The fourth-order valence-corrected chi connectivity index (χ4v) is 2.38. The molecule has 0 radical (unpaired) electrons. The molecular weight excluding hydrogens is 227 g/mol. The molecule has 1 aliphatic rings. The zero-order valence-corrected chi connectivity index (χ0v) is 9.72. The van der Waals surface area contributed by atoms with E-state index in [1.165, 1.54) is 12.1 Å². The smallest absolute Gasteiger partial charge is 0.314 e. The van der Waals surface area contributed by atoms with Crippen molar-refractivity contribution in [3.05, 3.63) is 35.4 Å². The summed E-state index contributed by atoms with van der Waals surface area (Å²) in [5.74, 6) is 0.383. The Kier molecular flexibility index (Phi) is 3.43. The van der Waals surface area contributed by atoms with Gasteiger partial charge in [0, 0.05) is 6.04 Å². The molecule has 1 aliphatic heterocycles. The monoisotopic (exact) mass is 243 g/mol. The van der Waals surface area contributed by atoms with Crippen LogP contribution in [0.2, 0.25) is 0 Å². The van der Waals surface area contributed by atoms with Crippen molar-refractivity contribution in [2.24, 2.45) is 0 Å². The molecule has 0 bridgehead atoms. The zero-order valence-electron chi connectivity index (χ0n) is 9.72. The van der Waals surface area contributed by atoms with Crippen LogP contribution in [0.4, 0.5) is 13.2 Å². The number of hydrogen-bond donors (Lipinski definition) is 1. The van der Waals surface area contributed by atoms with Gasteiger partial charge in [-0.05, 0) is 49.9 Å². The second-order valence-corrected chi connectivity index (χ2v) is 4.70. The van der Waals surface area contributed by atoms with Crippen LogP contribution in [0.1, 0.15) is 36.8 Å². The quantitative estimate of drug-likeness (QED) is 0.795. The minimum absolute atomic E-state index is 0.383. The molecular formula is C13H16F3N. The lowest BCUT2D eigenvalue weighted by Gasteiger charge is -2.28. The minimum atomic E-state index is -4.24. The van der Waals surface area contributed by atoms with Crippen molar-refractivity contribution in [2.45, 2.75) is 37.9 Å². The fraction of sp³-hybridized carbons (Fsp3) is 0.538. The summed E-state index contributed by atoms with van der Waals surface area (Å²) in [4.78, 5) is 0. The Morgan fingerprint density at radius 3 is 2.35 bits per heavy atom. The van der Waals surface area contributed by atoms with Crippen LogP contribution in [0.5, 0.6) is 0 Å². The standard InChI is InChI=1S/C13H16F3N/c1-9-8-11(6-7-17-9)10-2-4-12(5-3-10)13(14,15)16/h2-5,9,11,17H,6-8H2,1H3/t9-,11-/m0/s1. The average molecular weight is 243 g/mol. The maximum absolute atomic E-state index is 12.4. The van der Waals surface area contributed by atoms with Crippen molar-refractivity contribution in [3.8, 4) is 0 Å². The van der Waals surface area contributed by atoms with E-state index in [-0.39, 0.29) is 0 Å². The summed E-state index contributed by atoms with van der Waals surface area (Å²) in [6.45, 7) is 3.04. The summed E-state index contributed by atoms with van der Waals surface area (Å²) in [6, 6.07) is 6.04. The average Bonchev–Trinajstić information content (AvgIpc) is 2.28. The number of piperidine rings is 1. The molecule has 17 heavy (non-hydrogen) atoms. The largest absolute Gasteiger partial charge is 0.416 e. The maximum Gasteiger partial charge on any atom is 0.416 e. The van der Waals surface area contributed by atoms with Crippen LogP contribution in [0.25, 0.3) is 0 Å². The van der Waals surface area contributed by atoms with E-state index >= 15 is 0 Å². The van der Waals surface area contributed by atoms with Crippen molar-refractivity contribution < 1.29 is 13.2 Å². The summed E-state index contributed by atoms with van der Waals surface area (Å²) in [5.41, 5.74) is 0.453. The third-order valence-corrected chi connectivity index (χ3v) is 3.33. The molecule has 1 aromatic carbocycles. The third kappa shape index (κ3) is 3.00. The fourth-order valence-electron chi connectivity index (χ4n) is 2.38. The normalized spacial score (nSPS) is 25.9. The molecule has 4 heteroatoms. The van der Waals surface area contributed by atoms with E-state index in [2.05, 4.69) is 12.2 Å². The van der Waals surface area contributed by atoms with Crippen molar-refractivity contribution in [2.75, 3.05) is 6.54 Å². The van der Waals surface area contributed by atoms with Crippen LogP contribution in [-0.4, -0.2) is 12.6 Å².